The average Bonchev–Trinajstić information content (AvgIpc) is 2.69. The number of carbonyl (C=O) groups is 1. The fourth-order valence-corrected chi connectivity index (χ4v) is 3.62. The van der Waals surface area contributed by atoms with Gasteiger partial charge in [0.05, 0.1) is 11.2 Å². The van der Waals surface area contributed by atoms with Crippen LogP contribution in [0.15, 0.2) is 23.1 Å². The summed E-state index contributed by atoms with van der Waals surface area (Å²) >= 11 is 0. The molecule has 1 saturated heterocycles. The summed E-state index contributed by atoms with van der Waals surface area (Å²) in [7, 11) is 3.14. The van der Waals surface area contributed by atoms with E-state index in [4.69, 9.17) is 9.47 Å². The maximum absolute atomic E-state index is 14.8. The van der Waals surface area contributed by atoms with Crippen molar-refractivity contribution in [3.63, 3.8) is 0 Å². The zero-order valence-corrected chi connectivity index (χ0v) is 16.1. The number of ether oxygens (including phenoxy) is 2. The number of fused-ring (bicyclic) bond motifs is 1. The molecule has 0 atom stereocenters. The Kier molecular flexibility index (Phi) is 5.97. The molecule has 1 fully saturated rings. The van der Waals surface area contributed by atoms with Crippen molar-refractivity contribution in [3.8, 4) is 0 Å². The maximum atomic E-state index is 14.8. The van der Waals surface area contributed by atoms with Gasteiger partial charge < -0.3 is 24.0 Å². The zero-order valence-electron chi connectivity index (χ0n) is 16.1. The van der Waals surface area contributed by atoms with Crippen LogP contribution in [0, 0.1) is 5.82 Å². The average molecular weight is 393 g/mol. The Morgan fingerprint density at radius 1 is 1.21 bits per heavy atom. The highest BCUT2D eigenvalue weighted by atomic mass is 19.1. The summed E-state index contributed by atoms with van der Waals surface area (Å²) in [5, 5.41) is 9.31. The Bertz CT molecular complexity index is 933. The molecule has 8 nitrogen and oxygen atoms in total. The number of pyridine rings is 1. The lowest BCUT2D eigenvalue weighted by atomic mass is 10.1. The smallest absolute Gasteiger partial charge is 0.341 e. The molecular formula is C19H24FN3O5. The molecule has 0 bridgehead atoms. The Labute approximate surface area is 161 Å². The van der Waals surface area contributed by atoms with Gasteiger partial charge in [-0.2, -0.15) is 0 Å². The van der Waals surface area contributed by atoms with E-state index >= 15 is 0 Å². The van der Waals surface area contributed by atoms with E-state index < -0.39 is 23.6 Å². The molecule has 9 heteroatoms. The molecule has 28 heavy (non-hydrogen) atoms. The second kappa shape index (κ2) is 8.26. The minimum Gasteiger partial charge on any atom is -0.477 e. The molecule has 1 aliphatic heterocycles. The van der Waals surface area contributed by atoms with Crippen molar-refractivity contribution in [2.75, 3.05) is 45.3 Å². The minimum absolute atomic E-state index is 0.0699. The molecule has 1 aromatic carbocycles. The van der Waals surface area contributed by atoms with Crippen molar-refractivity contribution < 1.29 is 23.8 Å². The molecule has 1 N–H and O–H groups in total. The third kappa shape index (κ3) is 3.60. The van der Waals surface area contributed by atoms with E-state index in [1.807, 2.05) is 16.7 Å². The Morgan fingerprint density at radius 2 is 1.86 bits per heavy atom. The van der Waals surface area contributed by atoms with Crippen LogP contribution >= 0.6 is 0 Å². The number of methoxy groups -OCH3 is 2. The molecule has 0 amide bonds. The second-order valence-electron chi connectivity index (χ2n) is 6.59. The quantitative estimate of drug-likeness (QED) is 0.746. The second-order valence-corrected chi connectivity index (χ2v) is 6.59. The number of piperazine rings is 1. The van der Waals surface area contributed by atoms with E-state index in [9.17, 15) is 19.1 Å². The number of aromatic carboxylic acids is 1. The molecular weight excluding hydrogens is 369 g/mol. The van der Waals surface area contributed by atoms with E-state index in [2.05, 4.69) is 0 Å². The Morgan fingerprint density at radius 3 is 2.39 bits per heavy atom. The third-order valence-corrected chi connectivity index (χ3v) is 5.08. The Hall–Kier alpha value is -2.49. The number of carboxylic acid groups (broad SMARTS) is 1. The van der Waals surface area contributed by atoms with E-state index in [0.29, 0.717) is 43.9 Å². The van der Waals surface area contributed by atoms with Crippen molar-refractivity contribution in [1.29, 1.82) is 0 Å². The number of halogens is 1. The number of benzene rings is 1. The summed E-state index contributed by atoms with van der Waals surface area (Å²) in [4.78, 5) is 27.7. The molecule has 0 spiro atoms. The largest absolute Gasteiger partial charge is 0.477 e. The van der Waals surface area contributed by atoms with Gasteiger partial charge >= 0.3 is 5.97 Å². The van der Waals surface area contributed by atoms with Crippen LogP contribution in [0.3, 0.4) is 0 Å². The number of rotatable bonds is 6. The summed E-state index contributed by atoms with van der Waals surface area (Å²) in [6.07, 6.45) is 0.873. The van der Waals surface area contributed by atoms with Crippen molar-refractivity contribution >= 4 is 22.6 Å². The van der Waals surface area contributed by atoms with Gasteiger partial charge in [-0.15, -0.1) is 0 Å². The molecule has 2 heterocycles. The normalized spacial score (nSPS) is 15.5. The number of carboxylic acids is 1. The highest BCUT2D eigenvalue weighted by Crippen LogP contribution is 2.26. The van der Waals surface area contributed by atoms with Crippen molar-refractivity contribution in [2.24, 2.45) is 0 Å². The predicted molar refractivity (Wildman–Crippen MR) is 102 cm³/mol. The first kappa shape index (κ1) is 20.2. The molecule has 3 rings (SSSR count). The summed E-state index contributed by atoms with van der Waals surface area (Å²) in [6, 6.07) is 2.77. The number of hydrogen-bond donors (Lipinski definition) is 1. The van der Waals surface area contributed by atoms with Gasteiger partial charge in [-0.3, -0.25) is 9.69 Å². The number of aromatic nitrogens is 1. The molecule has 0 saturated carbocycles. The first-order valence-corrected chi connectivity index (χ1v) is 9.05. The first-order valence-electron chi connectivity index (χ1n) is 9.05. The van der Waals surface area contributed by atoms with Crippen molar-refractivity contribution in [3.05, 3.63) is 39.9 Å². The van der Waals surface area contributed by atoms with Gasteiger partial charge in [0, 0.05) is 58.5 Å². The van der Waals surface area contributed by atoms with Gasteiger partial charge in [-0.25, -0.2) is 9.18 Å². The maximum Gasteiger partial charge on any atom is 0.341 e. The van der Waals surface area contributed by atoms with E-state index in [1.165, 1.54) is 6.20 Å². The topological polar surface area (TPSA) is 84.2 Å². The highest BCUT2D eigenvalue weighted by molar-refractivity contribution is 5.93. The van der Waals surface area contributed by atoms with E-state index in [0.717, 1.165) is 6.07 Å². The fourth-order valence-electron chi connectivity index (χ4n) is 3.62. The van der Waals surface area contributed by atoms with Crippen LogP contribution in [0.5, 0.6) is 0 Å². The van der Waals surface area contributed by atoms with Crippen LogP contribution in [0.25, 0.3) is 10.9 Å². The lowest BCUT2D eigenvalue weighted by Gasteiger charge is -2.38. The highest BCUT2D eigenvalue weighted by Gasteiger charge is 2.26. The van der Waals surface area contributed by atoms with Gasteiger partial charge in [0.25, 0.3) is 0 Å². The lowest BCUT2D eigenvalue weighted by molar-refractivity contribution is -0.196. The van der Waals surface area contributed by atoms with Crippen molar-refractivity contribution in [2.45, 2.75) is 19.9 Å². The van der Waals surface area contributed by atoms with Gasteiger partial charge in [0.1, 0.15) is 11.4 Å². The van der Waals surface area contributed by atoms with Crippen molar-refractivity contribution in [1.82, 2.24) is 9.47 Å². The number of hydrogen-bond acceptors (Lipinski definition) is 6. The monoisotopic (exact) mass is 393 g/mol. The molecule has 0 aliphatic carbocycles. The fraction of sp³-hybridized carbons (Fsp3) is 0.474. The number of nitrogens with zero attached hydrogens (tertiary/aromatic N) is 3. The first-order chi connectivity index (χ1) is 13.4. The van der Waals surface area contributed by atoms with Gasteiger partial charge in [0.2, 0.25) is 11.8 Å². The van der Waals surface area contributed by atoms with E-state index in [-0.39, 0.29) is 10.9 Å². The molecule has 152 valence electrons. The SMILES string of the molecule is CCn1cc(C(=O)O)c(=O)c2cc(F)c(N3CCN(C(OC)OC)CC3)cc21. The minimum atomic E-state index is -1.32. The standard InChI is InChI=1S/C19H24FN3O5/c1-4-21-11-13(18(25)26)17(24)12-9-14(20)16(10-15(12)21)22-5-7-23(8-6-22)19(27-2)28-3/h9-11,19H,4-8H2,1-3H3,(H,25,26). The van der Waals surface area contributed by atoms with Crippen LogP contribution in [0.1, 0.15) is 17.3 Å². The molecule has 0 radical (unpaired) electrons. The van der Waals surface area contributed by atoms with E-state index in [1.54, 1.807) is 24.9 Å². The zero-order chi connectivity index (χ0) is 20.4. The summed E-state index contributed by atoms with van der Waals surface area (Å²) in [6.45, 7) is 4.68. The number of anilines is 1. The molecule has 2 aromatic rings. The number of aryl methyl sites for hydroxylation is 1. The molecule has 1 aromatic heterocycles. The van der Waals surface area contributed by atoms with Gasteiger partial charge in [-0.1, -0.05) is 0 Å². The third-order valence-electron chi connectivity index (χ3n) is 5.08. The lowest BCUT2D eigenvalue weighted by Crippen LogP contribution is -2.51. The summed E-state index contributed by atoms with van der Waals surface area (Å²) in [5.74, 6) is -1.86. The van der Waals surface area contributed by atoms with Crippen LogP contribution in [0.4, 0.5) is 10.1 Å². The predicted octanol–water partition coefficient (Wildman–Crippen LogP) is 1.56. The van der Waals surface area contributed by atoms with Gasteiger partial charge in [0.15, 0.2) is 0 Å². The molecule has 1 aliphatic rings. The van der Waals surface area contributed by atoms with Crippen LogP contribution in [0.2, 0.25) is 0 Å². The Balaban J connectivity index is 1.98. The summed E-state index contributed by atoms with van der Waals surface area (Å²) < 4.78 is 27.0. The van der Waals surface area contributed by atoms with Crippen LogP contribution in [-0.4, -0.2) is 67.4 Å². The van der Waals surface area contributed by atoms with Gasteiger partial charge in [-0.05, 0) is 19.1 Å². The summed E-state index contributed by atoms with van der Waals surface area (Å²) in [5.41, 5.74) is -0.128. The van der Waals surface area contributed by atoms with Crippen LogP contribution < -0.4 is 10.3 Å². The van der Waals surface area contributed by atoms with Crippen LogP contribution in [-0.2, 0) is 16.0 Å². The molecule has 0 unspecified atom stereocenters.